The molecule has 0 aromatic heterocycles. The lowest BCUT2D eigenvalue weighted by molar-refractivity contribution is 0.112. The van der Waals surface area contributed by atoms with Crippen LogP contribution in [0.2, 0.25) is 0 Å². The van der Waals surface area contributed by atoms with Gasteiger partial charge in [0.15, 0.2) is 0 Å². The van der Waals surface area contributed by atoms with Crippen molar-refractivity contribution in [1.82, 2.24) is 10.2 Å². The van der Waals surface area contributed by atoms with Crippen LogP contribution >= 0.6 is 0 Å². The van der Waals surface area contributed by atoms with E-state index in [2.05, 4.69) is 16.3 Å². The zero-order chi connectivity index (χ0) is 10.3. The summed E-state index contributed by atoms with van der Waals surface area (Å²) in [4.78, 5) is 13.1. The summed E-state index contributed by atoms with van der Waals surface area (Å²) >= 11 is 0. The molecule has 1 fully saturated rings. The van der Waals surface area contributed by atoms with Crippen molar-refractivity contribution in [3.8, 4) is 0 Å². The Labute approximate surface area is 89.1 Å². The Kier molecular flexibility index (Phi) is 2.08. The first-order valence-corrected chi connectivity index (χ1v) is 5.38. The lowest BCUT2D eigenvalue weighted by Crippen LogP contribution is -2.55. The van der Waals surface area contributed by atoms with E-state index < -0.39 is 0 Å². The summed E-state index contributed by atoms with van der Waals surface area (Å²) in [5.74, 6) is 0. The summed E-state index contributed by atoms with van der Waals surface area (Å²) in [5, 5.41) is 3.29. The zero-order valence-electron chi connectivity index (χ0n) is 8.57. The van der Waals surface area contributed by atoms with Crippen LogP contribution in [0.25, 0.3) is 0 Å². The van der Waals surface area contributed by atoms with E-state index in [1.165, 1.54) is 11.1 Å². The van der Waals surface area contributed by atoms with Crippen molar-refractivity contribution in [2.75, 3.05) is 13.1 Å². The molecule has 1 N–H and O–H groups in total. The summed E-state index contributed by atoms with van der Waals surface area (Å²) in [6.07, 6.45) is 0.924. The molecule has 3 heteroatoms. The number of rotatable bonds is 2. The number of hydrogen-bond donors (Lipinski definition) is 1. The van der Waals surface area contributed by atoms with Crippen LogP contribution in [0.1, 0.15) is 21.5 Å². The second-order valence-electron chi connectivity index (χ2n) is 4.36. The van der Waals surface area contributed by atoms with E-state index in [1.54, 1.807) is 0 Å². The molecule has 1 saturated heterocycles. The van der Waals surface area contributed by atoms with Gasteiger partial charge in [-0.15, -0.1) is 0 Å². The van der Waals surface area contributed by atoms with Crippen molar-refractivity contribution < 1.29 is 4.79 Å². The molecule has 0 spiro atoms. The molecular weight excluding hydrogens is 188 g/mol. The van der Waals surface area contributed by atoms with Crippen molar-refractivity contribution in [2.24, 2.45) is 0 Å². The SMILES string of the molecule is O=Cc1ccc2c(c1)CN(C1CNC1)C2. The van der Waals surface area contributed by atoms with Crippen LogP contribution in [-0.4, -0.2) is 30.3 Å². The van der Waals surface area contributed by atoms with E-state index in [0.717, 1.165) is 38.0 Å². The third kappa shape index (κ3) is 1.48. The minimum Gasteiger partial charge on any atom is -0.314 e. The Hall–Kier alpha value is -1.19. The molecule has 3 rings (SSSR count). The first-order valence-electron chi connectivity index (χ1n) is 5.38. The number of nitrogens with one attached hydrogen (secondary N) is 1. The quantitative estimate of drug-likeness (QED) is 0.719. The number of nitrogens with zero attached hydrogens (tertiary/aromatic N) is 1. The average Bonchev–Trinajstić information content (AvgIpc) is 2.56. The molecule has 1 aromatic carbocycles. The smallest absolute Gasteiger partial charge is 0.150 e. The summed E-state index contributed by atoms with van der Waals surface area (Å²) in [6.45, 7) is 4.26. The Morgan fingerprint density at radius 2 is 2.07 bits per heavy atom. The highest BCUT2D eigenvalue weighted by atomic mass is 16.1. The molecule has 0 unspecified atom stereocenters. The maximum absolute atomic E-state index is 10.7. The molecule has 0 aliphatic carbocycles. The monoisotopic (exact) mass is 202 g/mol. The van der Waals surface area contributed by atoms with Gasteiger partial charge < -0.3 is 5.32 Å². The minimum atomic E-state index is 0.692. The van der Waals surface area contributed by atoms with E-state index >= 15 is 0 Å². The predicted molar refractivity (Wildman–Crippen MR) is 57.7 cm³/mol. The third-order valence-electron chi connectivity index (χ3n) is 3.39. The molecule has 1 aromatic rings. The molecule has 2 heterocycles. The zero-order valence-corrected chi connectivity index (χ0v) is 8.57. The molecule has 3 nitrogen and oxygen atoms in total. The van der Waals surface area contributed by atoms with E-state index in [4.69, 9.17) is 0 Å². The first-order chi connectivity index (χ1) is 7.36. The Morgan fingerprint density at radius 1 is 1.27 bits per heavy atom. The molecule has 78 valence electrons. The second-order valence-corrected chi connectivity index (χ2v) is 4.36. The van der Waals surface area contributed by atoms with Crippen LogP contribution in [0.15, 0.2) is 18.2 Å². The van der Waals surface area contributed by atoms with Crippen molar-refractivity contribution in [3.05, 3.63) is 34.9 Å². The van der Waals surface area contributed by atoms with Crippen LogP contribution in [0.4, 0.5) is 0 Å². The molecule has 0 saturated carbocycles. The van der Waals surface area contributed by atoms with Gasteiger partial charge in [0.25, 0.3) is 0 Å². The molecule has 0 amide bonds. The van der Waals surface area contributed by atoms with Gasteiger partial charge in [-0.2, -0.15) is 0 Å². The fraction of sp³-hybridized carbons (Fsp3) is 0.417. The Balaban J connectivity index is 1.82. The van der Waals surface area contributed by atoms with Crippen LogP contribution < -0.4 is 5.32 Å². The second kappa shape index (κ2) is 3.43. The van der Waals surface area contributed by atoms with Gasteiger partial charge in [0, 0.05) is 37.8 Å². The highest BCUT2D eigenvalue weighted by molar-refractivity contribution is 5.75. The van der Waals surface area contributed by atoms with Gasteiger partial charge in [-0.05, 0) is 17.2 Å². The molecule has 0 bridgehead atoms. The lowest BCUT2D eigenvalue weighted by atomic mass is 10.1. The number of fused-ring (bicyclic) bond motifs is 1. The molecule has 15 heavy (non-hydrogen) atoms. The van der Waals surface area contributed by atoms with Crippen molar-refractivity contribution in [2.45, 2.75) is 19.1 Å². The number of benzene rings is 1. The van der Waals surface area contributed by atoms with Crippen molar-refractivity contribution >= 4 is 6.29 Å². The van der Waals surface area contributed by atoms with Crippen molar-refractivity contribution in [1.29, 1.82) is 0 Å². The fourth-order valence-corrected chi connectivity index (χ4v) is 2.30. The van der Waals surface area contributed by atoms with Crippen LogP contribution in [-0.2, 0) is 13.1 Å². The molecule has 0 radical (unpaired) electrons. The van der Waals surface area contributed by atoms with Crippen LogP contribution in [0.5, 0.6) is 0 Å². The lowest BCUT2D eigenvalue weighted by Gasteiger charge is -2.35. The molecule has 2 aliphatic rings. The van der Waals surface area contributed by atoms with Gasteiger partial charge in [-0.25, -0.2) is 0 Å². The number of aldehydes is 1. The largest absolute Gasteiger partial charge is 0.314 e. The van der Waals surface area contributed by atoms with E-state index in [0.29, 0.717) is 6.04 Å². The topological polar surface area (TPSA) is 32.3 Å². The standard InChI is InChI=1S/C12H14N2O/c15-8-9-1-2-10-6-14(7-11(10)3-9)12-4-13-5-12/h1-3,8,12-13H,4-7H2. The summed E-state index contributed by atoms with van der Waals surface area (Å²) in [7, 11) is 0. The fourth-order valence-electron chi connectivity index (χ4n) is 2.30. The average molecular weight is 202 g/mol. The van der Waals surface area contributed by atoms with Gasteiger partial charge in [0.05, 0.1) is 0 Å². The Bertz CT molecular complexity index is 399. The maximum Gasteiger partial charge on any atom is 0.150 e. The maximum atomic E-state index is 10.7. The van der Waals surface area contributed by atoms with Crippen LogP contribution in [0, 0.1) is 0 Å². The van der Waals surface area contributed by atoms with E-state index in [9.17, 15) is 4.79 Å². The predicted octanol–water partition coefficient (Wildman–Crippen LogP) is 0.786. The highest BCUT2D eigenvalue weighted by Gasteiger charge is 2.29. The summed E-state index contributed by atoms with van der Waals surface area (Å²) in [5.41, 5.74) is 3.50. The molecular formula is C12H14N2O. The molecule has 2 aliphatic heterocycles. The molecule has 0 atom stereocenters. The van der Waals surface area contributed by atoms with Gasteiger partial charge in [-0.1, -0.05) is 12.1 Å². The van der Waals surface area contributed by atoms with Gasteiger partial charge in [-0.3, -0.25) is 9.69 Å². The van der Waals surface area contributed by atoms with Gasteiger partial charge in [0.1, 0.15) is 6.29 Å². The van der Waals surface area contributed by atoms with Gasteiger partial charge in [0.2, 0.25) is 0 Å². The third-order valence-corrected chi connectivity index (χ3v) is 3.39. The van der Waals surface area contributed by atoms with E-state index in [1.807, 2.05) is 12.1 Å². The van der Waals surface area contributed by atoms with Crippen LogP contribution in [0.3, 0.4) is 0 Å². The summed E-state index contributed by atoms with van der Waals surface area (Å²) in [6, 6.07) is 6.71. The first kappa shape index (κ1) is 9.07. The van der Waals surface area contributed by atoms with Gasteiger partial charge >= 0.3 is 0 Å². The number of hydrogen-bond acceptors (Lipinski definition) is 3. The minimum absolute atomic E-state index is 0.692. The van der Waals surface area contributed by atoms with E-state index in [-0.39, 0.29) is 0 Å². The highest BCUT2D eigenvalue weighted by Crippen LogP contribution is 2.26. The summed E-state index contributed by atoms with van der Waals surface area (Å²) < 4.78 is 0. The normalized spacial score (nSPS) is 21.1. The van der Waals surface area contributed by atoms with Crippen molar-refractivity contribution in [3.63, 3.8) is 0 Å². The number of carbonyl (C=O) groups excluding carboxylic acids is 1. The number of carbonyl (C=O) groups is 1. The Morgan fingerprint density at radius 3 is 2.73 bits per heavy atom.